The molecule has 0 saturated carbocycles. The second kappa shape index (κ2) is 6.96. The summed E-state index contributed by atoms with van der Waals surface area (Å²) in [6.45, 7) is 10.1. The van der Waals surface area contributed by atoms with E-state index in [4.69, 9.17) is 15.2 Å². The monoisotopic (exact) mass is 309 g/mol. The number of nitrogens with zero attached hydrogens (tertiary/aromatic N) is 1. The van der Waals surface area contributed by atoms with E-state index < -0.39 is 17.1 Å². The van der Waals surface area contributed by atoms with Crippen LogP contribution >= 0.6 is 0 Å². The van der Waals surface area contributed by atoms with E-state index in [0.29, 0.717) is 19.0 Å². The Kier molecular flexibility index (Phi) is 5.77. The highest BCUT2D eigenvalue weighted by atomic mass is 16.6. The van der Waals surface area contributed by atoms with Gasteiger partial charge in [0.2, 0.25) is 5.88 Å². The van der Waals surface area contributed by atoms with Crippen molar-refractivity contribution >= 4 is 6.09 Å². The minimum Gasteiger partial charge on any atom is -0.481 e. The molecule has 0 spiro atoms. The molecule has 6 nitrogen and oxygen atoms in total. The van der Waals surface area contributed by atoms with Gasteiger partial charge >= 0.3 is 6.09 Å². The van der Waals surface area contributed by atoms with Crippen LogP contribution in [0.5, 0.6) is 5.88 Å². The van der Waals surface area contributed by atoms with Gasteiger partial charge in [-0.1, -0.05) is 6.92 Å². The number of carbonyl (C=O) groups is 1. The maximum atomic E-state index is 11.8. The van der Waals surface area contributed by atoms with Crippen LogP contribution < -0.4 is 15.8 Å². The number of rotatable bonds is 5. The molecule has 1 atom stereocenters. The summed E-state index contributed by atoms with van der Waals surface area (Å²) in [5.74, 6) is 0.534. The number of pyridine rings is 1. The lowest BCUT2D eigenvalue weighted by Gasteiger charge is -2.30. The van der Waals surface area contributed by atoms with Crippen molar-refractivity contribution in [3.05, 3.63) is 23.4 Å². The number of hydrogen-bond donors (Lipinski definition) is 2. The molecule has 0 aliphatic heterocycles. The van der Waals surface area contributed by atoms with Gasteiger partial charge in [0.1, 0.15) is 5.60 Å². The molecule has 1 aromatic rings. The van der Waals surface area contributed by atoms with Crippen LogP contribution in [0.3, 0.4) is 0 Å². The predicted octanol–water partition coefficient (Wildman–Crippen LogP) is 2.14. The van der Waals surface area contributed by atoms with Gasteiger partial charge in [0.25, 0.3) is 0 Å². The molecular formula is C16H27N3O3. The number of nitrogens with two attached hydrogens (primary N) is 1. The van der Waals surface area contributed by atoms with Gasteiger partial charge in [0.15, 0.2) is 0 Å². The lowest BCUT2D eigenvalue weighted by Crippen LogP contribution is -2.45. The van der Waals surface area contributed by atoms with Gasteiger partial charge in [-0.05, 0) is 39.3 Å². The summed E-state index contributed by atoms with van der Waals surface area (Å²) in [6.07, 6.45) is -0.454. The molecule has 0 radical (unpaired) electrons. The Labute approximate surface area is 132 Å². The standard InChI is InChI=1S/C16H27N3O3/c1-11-7-12(8-13(19-11)21-6)16(5,9-17)10-18-14(20)22-15(2,3)4/h7-8H,9-10,17H2,1-6H3,(H,18,20). The molecule has 0 aliphatic rings. The molecule has 1 unspecified atom stereocenters. The van der Waals surface area contributed by atoms with Gasteiger partial charge in [0, 0.05) is 30.3 Å². The summed E-state index contributed by atoms with van der Waals surface area (Å²) in [4.78, 5) is 16.1. The van der Waals surface area contributed by atoms with Crippen LogP contribution in [-0.4, -0.2) is 36.9 Å². The van der Waals surface area contributed by atoms with Crippen molar-refractivity contribution in [2.75, 3.05) is 20.2 Å². The summed E-state index contributed by atoms with van der Waals surface area (Å²) >= 11 is 0. The second-order valence-electron chi connectivity index (χ2n) is 6.66. The Morgan fingerprint density at radius 1 is 1.32 bits per heavy atom. The highest BCUT2D eigenvalue weighted by Gasteiger charge is 2.28. The van der Waals surface area contributed by atoms with Gasteiger partial charge in [-0.25, -0.2) is 9.78 Å². The average molecular weight is 309 g/mol. The molecule has 3 N–H and O–H groups in total. The number of aromatic nitrogens is 1. The first-order chi connectivity index (χ1) is 10.1. The second-order valence-corrected chi connectivity index (χ2v) is 6.66. The molecule has 1 heterocycles. The molecule has 1 amide bonds. The number of hydrogen-bond acceptors (Lipinski definition) is 5. The van der Waals surface area contributed by atoms with Crippen molar-refractivity contribution in [3.63, 3.8) is 0 Å². The third-order valence-electron chi connectivity index (χ3n) is 3.31. The molecule has 1 rings (SSSR count). The molecule has 0 bridgehead atoms. The quantitative estimate of drug-likeness (QED) is 0.870. The fourth-order valence-electron chi connectivity index (χ4n) is 1.96. The average Bonchev–Trinajstić information content (AvgIpc) is 2.42. The van der Waals surface area contributed by atoms with Crippen molar-refractivity contribution in [2.24, 2.45) is 5.73 Å². The third kappa shape index (κ3) is 5.18. The summed E-state index contributed by atoms with van der Waals surface area (Å²) < 4.78 is 10.5. The smallest absolute Gasteiger partial charge is 0.407 e. The SMILES string of the molecule is COc1cc(C(C)(CN)CNC(=O)OC(C)(C)C)cc(C)n1. The first kappa shape index (κ1) is 18.2. The fraction of sp³-hybridized carbons (Fsp3) is 0.625. The van der Waals surface area contributed by atoms with E-state index in [9.17, 15) is 4.79 Å². The zero-order chi connectivity index (χ0) is 17.0. The number of ether oxygens (including phenoxy) is 2. The Morgan fingerprint density at radius 2 is 1.95 bits per heavy atom. The molecule has 0 aromatic carbocycles. The first-order valence-corrected chi connectivity index (χ1v) is 7.30. The van der Waals surface area contributed by atoms with E-state index in [1.807, 2.05) is 46.8 Å². The molecule has 0 aliphatic carbocycles. The van der Waals surface area contributed by atoms with Crippen LogP contribution in [0, 0.1) is 6.92 Å². The van der Waals surface area contributed by atoms with Crippen molar-refractivity contribution in [1.29, 1.82) is 0 Å². The van der Waals surface area contributed by atoms with E-state index >= 15 is 0 Å². The highest BCUT2D eigenvalue weighted by molar-refractivity contribution is 5.67. The number of nitrogens with one attached hydrogen (secondary N) is 1. The van der Waals surface area contributed by atoms with Gasteiger partial charge in [-0.2, -0.15) is 0 Å². The van der Waals surface area contributed by atoms with E-state index in [-0.39, 0.29) is 0 Å². The Hall–Kier alpha value is -1.82. The van der Waals surface area contributed by atoms with Crippen molar-refractivity contribution < 1.29 is 14.3 Å². The maximum absolute atomic E-state index is 11.8. The normalized spacial score (nSPS) is 14.1. The molecule has 0 saturated heterocycles. The van der Waals surface area contributed by atoms with Crippen LogP contribution in [0.2, 0.25) is 0 Å². The number of aryl methyl sites for hydroxylation is 1. The van der Waals surface area contributed by atoms with Crippen LogP contribution in [0.4, 0.5) is 4.79 Å². The summed E-state index contributed by atoms with van der Waals surface area (Å²) in [6, 6.07) is 3.79. The predicted molar refractivity (Wildman–Crippen MR) is 86.2 cm³/mol. The molecule has 124 valence electrons. The van der Waals surface area contributed by atoms with Crippen LogP contribution in [0.1, 0.15) is 39.0 Å². The van der Waals surface area contributed by atoms with E-state index in [0.717, 1.165) is 11.3 Å². The van der Waals surface area contributed by atoms with Crippen LogP contribution in [-0.2, 0) is 10.2 Å². The van der Waals surface area contributed by atoms with Gasteiger partial charge in [-0.15, -0.1) is 0 Å². The van der Waals surface area contributed by atoms with E-state index in [2.05, 4.69) is 10.3 Å². The van der Waals surface area contributed by atoms with Gasteiger partial charge in [0.05, 0.1) is 7.11 Å². The topological polar surface area (TPSA) is 86.5 Å². The Balaban J connectivity index is 2.88. The first-order valence-electron chi connectivity index (χ1n) is 7.30. The molecule has 6 heteroatoms. The number of methoxy groups -OCH3 is 1. The lowest BCUT2D eigenvalue weighted by atomic mass is 9.82. The minimum atomic E-state index is -0.528. The fourth-order valence-corrected chi connectivity index (χ4v) is 1.96. The Morgan fingerprint density at radius 3 is 2.45 bits per heavy atom. The minimum absolute atomic E-state index is 0.366. The van der Waals surface area contributed by atoms with Crippen molar-refractivity contribution in [2.45, 2.75) is 45.6 Å². The molecule has 1 aromatic heterocycles. The molecule has 22 heavy (non-hydrogen) atoms. The Bertz CT molecular complexity index is 526. The van der Waals surface area contributed by atoms with Crippen LogP contribution in [0.15, 0.2) is 12.1 Å². The van der Waals surface area contributed by atoms with Crippen molar-refractivity contribution in [3.8, 4) is 5.88 Å². The van der Waals surface area contributed by atoms with Gasteiger partial charge in [-0.3, -0.25) is 0 Å². The van der Waals surface area contributed by atoms with Gasteiger partial charge < -0.3 is 20.5 Å². The van der Waals surface area contributed by atoms with Crippen molar-refractivity contribution in [1.82, 2.24) is 10.3 Å². The third-order valence-corrected chi connectivity index (χ3v) is 3.31. The summed E-state index contributed by atoms with van der Waals surface area (Å²) in [5, 5.41) is 2.78. The number of carbonyl (C=O) groups excluding carboxylic acids is 1. The van der Waals surface area contributed by atoms with E-state index in [1.54, 1.807) is 7.11 Å². The highest BCUT2D eigenvalue weighted by Crippen LogP contribution is 2.25. The number of amides is 1. The molecular weight excluding hydrogens is 282 g/mol. The number of alkyl carbamates (subject to hydrolysis) is 1. The largest absolute Gasteiger partial charge is 0.481 e. The van der Waals surface area contributed by atoms with E-state index in [1.165, 1.54) is 0 Å². The lowest BCUT2D eigenvalue weighted by molar-refractivity contribution is 0.0516. The summed E-state index contributed by atoms with van der Waals surface area (Å²) in [5.41, 5.74) is 6.79. The molecule has 0 fully saturated rings. The zero-order valence-electron chi connectivity index (χ0n) is 14.3. The zero-order valence-corrected chi connectivity index (χ0v) is 14.3. The van der Waals surface area contributed by atoms with Crippen LogP contribution in [0.25, 0.3) is 0 Å². The maximum Gasteiger partial charge on any atom is 0.407 e. The summed E-state index contributed by atoms with van der Waals surface area (Å²) in [7, 11) is 1.57.